The van der Waals surface area contributed by atoms with Crippen molar-refractivity contribution in [3.05, 3.63) is 68.7 Å². The van der Waals surface area contributed by atoms with Crippen LogP contribution in [0.5, 0.6) is 0 Å². The third-order valence-electron chi connectivity index (χ3n) is 4.94. The van der Waals surface area contributed by atoms with Crippen LogP contribution < -0.4 is 5.32 Å². The molecule has 8 heteroatoms. The van der Waals surface area contributed by atoms with Gasteiger partial charge < -0.3 is 10.2 Å². The second-order valence-corrected chi connectivity index (χ2v) is 9.57. The molecule has 2 aromatic carbocycles. The summed E-state index contributed by atoms with van der Waals surface area (Å²) in [5.41, 5.74) is 1.66. The van der Waals surface area contributed by atoms with Crippen molar-refractivity contribution in [3.63, 3.8) is 0 Å². The monoisotopic (exact) mass is 500 g/mol. The molecule has 168 valence electrons. The standard InChI is InChI=1S/C23H27Cl3N2O2S/c1-4-15(2)27-23(30)16(3)28(12-17-7-5-8-18(24)11-17)22(29)14-31-13-19-20(25)9-6-10-21(19)26/h5-11,15-16H,4,12-14H2,1-3H3,(H,27,30)/t15-,16+/m0/s1. The van der Waals surface area contributed by atoms with Gasteiger partial charge in [-0.25, -0.2) is 0 Å². The lowest BCUT2D eigenvalue weighted by molar-refractivity contribution is -0.138. The summed E-state index contributed by atoms with van der Waals surface area (Å²) in [6.45, 7) is 5.98. The number of amides is 2. The van der Waals surface area contributed by atoms with E-state index in [1.165, 1.54) is 11.8 Å². The van der Waals surface area contributed by atoms with Crippen molar-refractivity contribution in [2.45, 2.75) is 51.6 Å². The SMILES string of the molecule is CC[C@H](C)NC(=O)[C@@H](C)N(Cc1cccc(Cl)c1)C(=O)CSCc1c(Cl)cccc1Cl. The molecule has 1 N–H and O–H groups in total. The molecule has 4 nitrogen and oxygen atoms in total. The van der Waals surface area contributed by atoms with E-state index in [0.29, 0.717) is 27.4 Å². The van der Waals surface area contributed by atoms with Crippen molar-refractivity contribution in [2.24, 2.45) is 0 Å². The van der Waals surface area contributed by atoms with Crippen molar-refractivity contribution in [2.75, 3.05) is 5.75 Å². The highest BCUT2D eigenvalue weighted by Crippen LogP contribution is 2.28. The molecule has 0 bridgehead atoms. The number of carbonyl (C=O) groups is 2. The number of rotatable bonds is 10. The minimum Gasteiger partial charge on any atom is -0.352 e. The molecule has 0 unspecified atom stereocenters. The van der Waals surface area contributed by atoms with E-state index in [4.69, 9.17) is 34.8 Å². The van der Waals surface area contributed by atoms with Crippen LogP contribution in [-0.4, -0.2) is 34.6 Å². The summed E-state index contributed by atoms with van der Waals surface area (Å²) in [6.07, 6.45) is 0.815. The Bertz CT molecular complexity index is 890. The number of halogens is 3. The molecule has 2 aromatic rings. The van der Waals surface area contributed by atoms with Crippen LogP contribution >= 0.6 is 46.6 Å². The first-order valence-corrected chi connectivity index (χ1v) is 12.4. The van der Waals surface area contributed by atoms with E-state index in [2.05, 4.69) is 5.32 Å². The normalized spacial score (nSPS) is 12.8. The molecule has 2 atom stereocenters. The summed E-state index contributed by atoms with van der Waals surface area (Å²) in [7, 11) is 0. The molecule has 0 aromatic heterocycles. The minimum absolute atomic E-state index is 0.0369. The van der Waals surface area contributed by atoms with Gasteiger partial charge in [-0.05, 0) is 55.7 Å². The van der Waals surface area contributed by atoms with Crippen molar-refractivity contribution < 1.29 is 9.59 Å². The Morgan fingerprint density at radius 2 is 1.71 bits per heavy atom. The Kier molecular flexibility index (Phi) is 10.5. The quantitative estimate of drug-likeness (QED) is 0.421. The molecule has 0 saturated carbocycles. The largest absolute Gasteiger partial charge is 0.352 e. The van der Waals surface area contributed by atoms with Gasteiger partial charge >= 0.3 is 0 Å². The molecule has 0 aliphatic rings. The van der Waals surface area contributed by atoms with Crippen molar-refractivity contribution in [1.82, 2.24) is 10.2 Å². The van der Waals surface area contributed by atoms with Gasteiger partial charge in [0, 0.05) is 33.4 Å². The van der Waals surface area contributed by atoms with E-state index in [-0.39, 0.29) is 23.6 Å². The summed E-state index contributed by atoms with van der Waals surface area (Å²) >= 11 is 20.0. The highest BCUT2D eigenvalue weighted by Gasteiger charge is 2.26. The van der Waals surface area contributed by atoms with E-state index >= 15 is 0 Å². The first-order valence-electron chi connectivity index (χ1n) is 10.1. The average molecular weight is 502 g/mol. The smallest absolute Gasteiger partial charge is 0.242 e. The minimum atomic E-state index is -0.620. The molecular weight excluding hydrogens is 475 g/mol. The molecule has 0 heterocycles. The fourth-order valence-electron chi connectivity index (χ4n) is 2.87. The maximum Gasteiger partial charge on any atom is 0.242 e. The van der Waals surface area contributed by atoms with Gasteiger partial charge in [-0.15, -0.1) is 11.8 Å². The summed E-state index contributed by atoms with van der Waals surface area (Å²) in [5.74, 6) is 0.384. The lowest BCUT2D eigenvalue weighted by Crippen LogP contribution is -2.50. The fraction of sp³-hybridized carbons (Fsp3) is 0.391. The molecular formula is C23H27Cl3N2O2S. The van der Waals surface area contributed by atoms with Crippen molar-refractivity contribution in [3.8, 4) is 0 Å². The van der Waals surface area contributed by atoms with E-state index in [1.54, 1.807) is 42.2 Å². The van der Waals surface area contributed by atoms with Gasteiger partial charge in [0.25, 0.3) is 0 Å². The Morgan fingerprint density at radius 3 is 2.32 bits per heavy atom. The van der Waals surface area contributed by atoms with Crippen LogP contribution in [0.25, 0.3) is 0 Å². The predicted molar refractivity (Wildman–Crippen MR) is 132 cm³/mol. The van der Waals surface area contributed by atoms with E-state index < -0.39 is 6.04 Å². The lowest BCUT2D eigenvalue weighted by atomic mass is 10.1. The first-order chi connectivity index (χ1) is 14.7. The number of hydrogen-bond acceptors (Lipinski definition) is 3. The molecule has 0 radical (unpaired) electrons. The number of nitrogens with zero attached hydrogens (tertiary/aromatic N) is 1. The highest BCUT2D eigenvalue weighted by molar-refractivity contribution is 7.99. The van der Waals surface area contributed by atoms with Gasteiger partial charge in [0.15, 0.2) is 0 Å². The van der Waals surface area contributed by atoms with Crippen LogP contribution in [0.4, 0.5) is 0 Å². The fourth-order valence-corrected chi connectivity index (χ4v) is 4.73. The number of thioether (sulfide) groups is 1. The van der Waals surface area contributed by atoms with Crippen molar-refractivity contribution in [1.29, 1.82) is 0 Å². The Hall–Kier alpha value is -1.40. The van der Waals surface area contributed by atoms with Gasteiger partial charge in [-0.2, -0.15) is 0 Å². The number of carbonyl (C=O) groups excluding carboxylic acids is 2. The second-order valence-electron chi connectivity index (χ2n) is 7.34. The van der Waals surface area contributed by atoms with E-state index in [0.717, 1.165) is 17.5 Å². The maximum atomic E-state index is 13.1. The average Bonchev–Trinajstić information content (AvgIpc) is 2.73. The zero-order chi connectivity index (χ0) is 23.0. The predicted octanol–water partition coefficient (Wildman–Crippen LogP) is 6.21. The summed E-state index contributed by atoms with van der Waals surface area (Å²) in [5, 5.41) is 4.69. The van der Waals surface area contributed by atoms with Gasteiger partial charge in [0.2, 0.25) is 11.8 Å². The molecule has 0 saturated heterocycles. The molecule has 0 aliphatic carbocycles. The maximum absolute atomic E-state index is 13.1. The zero-order valence-corrected chi connectivity index (χ0v) is 20.9. The van der Waals surface area contributed by atoms with Crippen LogP contribution in [-0.2, 0) is 21.9 Å². The summed E-state index contributed by atoms with van der Waals surface area (Å²) in [6, 6.07) is 12.1. The Balaban J connectivity index is 2.12. The van der Waals surface area contributed by atoms with Crippen LogP contribution in [0, 0.1) is 0 Å². The molecule has 0 fully saturated rings. The van der Waals surface area contributed by atoms with E-state index in [1.807, 2.05) is 26.0 Å². The molecule has 2 rings (SSSR count). The van der Waals surface area contributed by atoms with Crippen LogP contribution in [0.15, 0.2) is 42.5 Å². The van der Waals surface area contributed by atoms with Crippen LogP contribution in [0.2, 0.25) is 15.1 Å². The summed E-state index contributed by atoms with van der Waals surface area (Å²) in [4.78, 5) is 27.4. The molecule has 0 spiro atoms. The first kappa shape index (κ1) is 25.9. The van der Waals surface area contributed by atoms with Gasteiger partial charge in [0.05, 0.1) is 5.75 Å². The van der Waals surface area contributed by atoms with Gasteiger partial charge in [-0.1, -0.05) is 59.9 Å². The summed E-state index contributed by atoms with van der Waals surface area (Å²) < 4.78 is 0. The molecule has 0 aliphatic heterocycles. The van der Waals surface area contributed by atoms with Crippen LogP contribution in [0.1, 0.15) is 38.3 Å². The number of benzene rings is 2. The van der Waals surface area contributed by atoms with Gasteiger partial charge in [-0.3, -0.25) is 9.59 Å². The van der Waals surface area contributed by atoms with Crippen LogP contribution in [0.3, 0.4) is 0 Å². The Morgan fingerprint density at radius 1 is 1.06 bits per heavy atom. The lowest BCUT2D eigenvalue weighted by Gasteiger charge is -2.29. The molecule has 2 amide bonds. The molecule has 31 heavy (non-hydrogen) atoms. The number of hydrogen-bond donors (Lipinski definition) is 1. The van der Waals surface area contributed by atoms with E-state index in [9.17, 15) is 9.59 Å². The Labute approximate surface area is 203 Å². The zero-order valence-electron chi connectivity index (χ0n) is 17.8. The van der Waals surface area contributed by atoms with Crippen molar-refractivity contribution >= 4 is 58.4 Å². The van der Waals surface area contributed by atoms with Gasteiger partial charge in [0.1, 0.15) is 6.04 Å². The topological polar surface area (TPSA) is 49.4 Å². The highest BCUT2D eigenvalue weighted by atomic mass is 35.5. The second kappa shape index (κ2) is 12.6. The third-order valence-corrected chi connectivity index (χ3v) is 6.83. The third kappa shape index (κ3) is 7.90. The number of nitrogens with one attached hydrogen (secondary N) is 1.